The van der Waals surface area contributed by atoms with Gasteiger partial charge in [-0.05, 0) is 43.4 Å². The van der Waals surface area contributed by atoms with Gasteiger partial charge in [-0.2, -0.15) is 0 Å². The molecule has 0 saturated heterocycles. The van der Waals surface area contributed by atoms with Crippen LogP contribution >= 0.6 is 0 Å². The van der Waals surface area contributed by atoms with Crippen LogP contribution in [0, 0.1) is 11.6 Å². The van der Waals surface area contributed by atoms with Crippen LogP contribution in [0.5, 0.6) is 0 Å². The summed E-state index contributed by atoms with van der Waals surface area (Å²) in [5.41, 5.74) is 1.32. The Kier molecular flexibility index (Phi) is 3.61. The first-order valence-corrected chi connectivity index (χ1v) is 6.80. The number of nitrogens with one attached hydrogen (secondary N) is 1. The van der Waals surface area contributed by atoms with E-state index in [0.717, 1.165) is 10.8 Å². The highest BCUT2D eigenvalue weighted by Gasteiger charge is 2.14. The summed E-state index contributed by atoms with van der Waals surface area (Å²) in [7, 11) is 1.74. The van der Waals surface area contributed by atoms with Gasteiger partial charge in [-0.15, -0.1) is 0 Å². The lowest BCUT2D eigenvalue weighted by atomic mass is 10.1. The molecule has 1 atom stereocenters. The maximum Gasteiger partial charge on any atom is 0.125 e. The lowest BCUT2D eigenvalue weighted by Crippen LogP contribution is -2.27. The Balaban J connectivity index is 2.25. The number of likely N-dealkylation sites (N-methyl/N-ethyl adjacent to an activating group) is 1. The third-order valence-electron chi connectivity index (χ3n) is 3.62. The summed E-state index contributed by atoms with van der Waals surface area (Å²) in [4.78, 5) is 0. The molecule has 0 fully saturated rings. The normalized spacial score (nSPS) is 13.1. The van der Waals surface area contributed by atoms with Crippen molar-refractivity contribution in [1.82, 2.24) is 9.88 Å². The zero-order chi connectivity index (χ0) is 15.0. The quantitative estimate of drug-likeness (QED) is 0.775. The van der Waals surface area contributed by atoms with Gasteiger partial charge >= 0.3 is 0 Å². The van der Waals surface area contributed by atoms with Crippen LogP contribution in [-0.4, -0.2) is 29.4 Å². The van der Waals surface area contributed by atoms with Crippen LogP contribution in [-0.2, 0) is 6.54 Å². The van der Waals surface area contributed by atoms with E-state index in [1.165, 1.54) is 24.3 Å². The van der Waals surface area contributed by atoms with Gasteiger partial charge in [0.25, 0.3) is 0 Å². The third-order valence-corrected chi connectivity index (χ3v) is 3.62. The van der Waals surface area contributed by atoms with Gasteiger partial charge in [0, 0.05) is 17.3 Å². The van der Waals surface area contributed by atoms with Crippen LogP contribution in [0.15, 0.2) is 36.4 Å². The van der Waals surface area contributed by atoms with Crippen molar-refractivity contribution < 1.29 is 13.9 Å². The van der Waals surface area contributed by atoms with E-state index in [-0.39, 0.29) is 18.2 Å². The molecule has 0 amide bonds. The molecule has 3 rings (SSSR count). The Morgan fingerprint density at radius 2 is 1.57 bits per heavy atom. The molecule has 3 aromatic rings. The molecule has 3 nitrogen and oxygen atoms in total. The van der Waals surface area contributed by atoms with Gasteiger partial charge in [-0.1, -0.05) is 0 Å². The highest BCUT2D eigenvalue weighted by Crippen LogP contribution is 2.30. The van der Waals surface area contributed by atoms with E-state index in [1.54, 1.807) is 23.7 Å². The summed E-state index contributed by atoms with van der Waals surface area (Å²) in [6.07, 6.45) is -0.639. The fraction of sp³-hybridized carbons (Fsp3) is 0.250. The Bertz CT molecular complexity index is 738. The number of fused-ring (bicyclic) bond motifs is 3. The van der Waals surface area contributed by atoms with Crippen LogP contribution in [0.3, 0.4) is 0 Å². The highest BCUT2D eigenvalue weighted by molar-refractivity contribution is 6.08. The first-order valence-electron chi connectivity index (χ1n) is 6.80. The van der Waals surface area contributed by atoms with E-state index in [9.17, 15) is 13.9 Å². The average Bonchev–Trinajstić information content (AvgIpc) is 2.72. The minimum absolute atomic E-state index is 0.272. The monoisotopic (exact) mass is 290 g/mol. The summed E-state index contributed by atoms with van der Waals surface area (Å²) in [6, 6.07) is 8.98. The number of aliphatic hydroxyl groups is 1. The lowest BCUT2D eigenvalue weighted by molar-refractivity contribution is 0.157. The van der Waals surface area contributed by atoms with E-state index in [4.69, 9.17) is 0 Å². The number of nitrogens with zero attached hydrogens (tertiary/aromatic N) is 1. The summed E-state index contributed by atoms with van der Waals surface area (Å²) >= 11 is 0. The molecule has 0 saturated carbocycles. The van der Waals surface area contributed by atoms with Gasteiger partial charge in [0.05, 0.1) is 23.7 Å². The smallest absolute Gasteiger partial charge is 0.125 e. The topological polar surface area (TPSA) is 37.2 Å². The Labute approximate surface area is 120 Å². The predicted molar refractivity (Wildman–Crippen MR) is 79.3 cm³/mol. The van der Waals surface area contributed by atoms with Crippen molar-refractivity contribution in [2.75, 3.05) is 13.6 Å². The second-order valence-electron chi connectivity index (χ2n) is 5.15. The number of benzene rings is 2. The molecule has 110 valence electrons. The number of rotatable bonds is 4. The zero-order valence-corrected chi connectivity index (χ0v) is 11.6. The maximum absolute atomic E-state index is 13.5. The summed E-state index contributed by atoms with van der Waals surface area (Å²) < 4.78 is 28.9. The molecule has 1 aromatic heterocycles. The van der Waals surface area contributed by atoms with Crippen molar-refractivity contribution in [2.24, 2.45) is 0 Å². The van der Waals surface area contributed by atoms with Crippen LogP contribution in [0.1, 0.15) is 0 Å². The molecular formula is C16H16F2N2O. The van der Waals surface area contributed by atoms with Crippen LogP contribution in [0.2, 0.25) is 0 Å². The molecular weight excluding hydrogens is 274 g/mol. The van der Waals surface area contributed by atoms with Gasteiger partial charge in [0.1, 0.15) is 11.6 Å². The van der Waals surface area contributed by atoms with Crippen LogP contribution in [0.25, 0.3) is 21.8 Å². The standard InChI is InChI=1S/C16H16F2N2O/c1-19-8-12(21)9-20-15-6-10(17)2-4-13(15)14-5-3-11(18)7-16(14)20/h2-7,12,19,21H,8-9H2,1H3. The van der Waals surface area contributed by atoms with Crippen molar-refractivity contribution in [3.8, 4) is 0 Å². The number of hydrogen-bond acceptors (Lipinski definition) is 2. The van der Waals surface area contributed by atoms with E-state index < -0.39 is 6.10 Å². The average molecular weight is 290 g/mol. The second-order valence-corrected chi connectivity index (χ2v) is 5.15. The molecule has 21 heavy (non-hydrogen) atoms. The highest BCUT2D eigenvalue weighted by atomic mass is 19.1. The Morgan fingerprint density at radius 3 is 2.05 bits per heavy atom. The molecule has 0 radical (unpaired) electrons. The molecule has 1 unspecified atom stereocenters. The maximum atomic E-state index is 13.5. The van der Waals surface area contributed by atoms with Crippen molar-refractivity contribution in [1.29, 1.82) is 0 Å². The number of halogens is 2. The van der Waals surface area contributed by atoms with Gasteiger partial charge < -0.3 is 15.0 Å². The third kappa shape index (κ3) is 2.50. The van der Waals surface area contributed by atoms with Crippen molar-refractivity contribution in [2.45, 2.75) is 12.6 Å². The summed E-state index contributed by atoms with van der Waals surface area (Å²) in [5.74, 6) is -0.703. The molecule has 0 aliphatic heterocycles. The molecule has 5 heteroatoms. The second kappa shape index (κ2) is 5.42. The SMILES string of the molecule is CNCC(O)Cn1c2cc(F)ccc2c2ccc(F)cc21. The molecule has 1 heterocycles. The first-order chi connectivity index (χ1) is 10.1. The van der Waals surface area contributed by atoms with Crippen molar-refractivity contribution in [3.63, 3.8) is 0 Å². The molecule has 0 spiro atoms. The first kappa shape index (κ1) is 14.0. The van der Waals surface area contributed by atoms with Gasteiger partial charge in [0.15, 0.2) is 0 Å². The van der Waals surface area contributed by atoms with Gasteiger partial charge in [-0.3, -0.25) is 0 Å². The zero-order valence-electron chi connectivity index (χ0n) is 11.6. The van der Waals surface area contributed by atoms with Crippen molar-refractivity contribution >= 4 is 21.8 Å². The molecule has 2 aromatic carbocycles. The predicted octanol–water partition coefficient (Wildman–Crippen LogP) is 2.65. The molecule has 2 N–H and O–H groups in total. The van der Waals surface area contributed by atoms with Gasteiger partial charge in [0.2, 0.25) is 0 Å². The van der Waals surface area contributed by atoms with E-state index >= 15 is 0 Å². The number of aliphatic hydroxyl groups excluding tert-OH is 1. The lowest BCUT2D eigenvalue weighted by Gasteiger charge is -2.13. The number of hydrogen-bond donors (Lipinski definition) is 2. The van der Waals surface area contributed by atoms with E-state index in [0.29, 0.717) is 17.6 Å². The minimum Gasteiger partial charge on any atom is -0.390 e. The Morgan fingerprint density at radius 1 is 1.05 bits per heavy atom. The van der Waals surface area contributed by atoms with Crippen molar-refractivity contribution in [3.05, 3.63) is 48.0 Å². The van der Waals surface area contributed by atoms with E-state index in [1.807, 2.05) is 0 Å². The molecule has 0 aliphatic rings. The fourth-order valence-electron chi connectivity index (χ4n) is 2.75. The Hall–Kier alpha value is -1.98. The summed E-state index contributed by atoms with van der Waals surface area (Å²) in [5, 5.41) is 14.6. The fourth-order valence-corrected chi connectivity index (χ4v) is 2.75. The van der Waals surface area contributed by atoms with Crippen LogP contribution in [0.4, 0.5) is 8.78 Å². The molecule has 0 bridgehead atoms. The molecule has 0 aliphatic carbocycles. The largest absolute Gasteiger partial charge is 0.390 e. The number of aromatic nitrogens is 1. The van der Waals surface area contributed by atoms with Gasteiger partial charge in [-0.25, -0.2) is 8.78 Å². The van der Waals surface area contributed by atoms with Crippen LogP contribution < -0.4 is 5.32 Å². The van der Waals surface area contributed by atoms with E-state index in [2.05, 4.69) is 5.32 Å². The summed E-state index contributed by atoms with van der Waals surface area (Å²) in [6.45, 7) is 0.680. The minimum atomic E-state index is -0.639.